The molecule has 1 aliphatic carbocycles. The third-order valence-electron chi connectivity index (χ3n) is 3.27. The van der Waals surface area contributed by atoms with Crippen LogP contribution in [0.25, 0.3) is 0 Å². The lowest BCUT2D eigenvalue weighted by molar-refractivity contribution is -0.143. The van der Waals surface area contributed by atoms with Crippen LogP contribution in [0, 0.1) is 11.3 Å². The van der Waals surface area contributed by atoms with Crippen molar-refractivity contribution >= 4 is 5.97 Å². The third-order valence-corrected chi connectivity index (χ3v) is 3.27. The van der Waals surface area contributed by atoms with Crippen LogP contribution in [0.4, 0.5) is 0 Å². The maximum Gasteiger partial charge on any atom is 0.319 e. The molecule has 0 aromatic heterocycles. The summed E-state index contributed by atoms with van der Waals surface area (Å²) in [6.45, 7) is 2.22. The van der Waals surface area contributed by atoms with Crippen molar-refractivity contribution in [2.75, 3.05) is 13.7 Å². The zero-order chi connectivity index (χ0) is 12.0. The Balaban J connectivity index is 2.67. The van der Waals surface area contributed by atoms with Crippen LogP contribution in [0.3, 0.4) is 0 Å². The van der Waals surface area contributed by atoms with Crippen molar-refractivity contribution in [1.29, 1.82) is 5.26 Å². The first-order valence-corrected chi connectivity index (χ1v) is 5.95. The molecule has 4 nitrogen and oxygen atoms in total. The van der Waals surface area contributed by atoms with Crippen LogP contribution in [0.15, 0.2) is 0 Å². The minimum atomic E-state index is -0.249. The van der Waals surface area contributed by atoms with E-state index in [9.17, 15) is 4.79 Å². The highest BCUT2D eigenvalue weighted by atomic mass is 16.5. The van der Waals surface area contributed by atoms with Crippen LogP contribution in [0.2, 0.25) is 0 Å². The molecule has 90 valence electrons. The third kappa shape index (κ3) is 3.21. The van der Waals surface area contributed by atoms with Gasteiger partial charge in [0, 0.05) is 6.04 Å². The van der Waals surface area contributed by atoms with Gasteiger partial charge in [-0.2, -0.15) is 5.26 Å². The quantitative estimate of drug-likeness (QED) is 0.667. The summed E-state index contributed by atoms with van der Waals surface area (Å²) in [5, 5.41) is 9.10. The highest BCUT2D eigenvalue weighted by Crippen LogP contribution is 2.25. The van der Waals surface area contributed by atoms with Gasteiger partial charge < -0.3 is 4.74 Å². The second-order valence-electron chi connectivity index (χ2n) is 4.24. The van der Waals surface area contributed by atoms with Crippen molar-refractivity contribution in [1.82, 2.24) is 4.90 Å². The first kappa shape index (κ1) is 13.0. The molecule has 0 heterocycles. The second kappa shape index (κ2) is 6.49. The Kier molecular flexibility index (Phi) is 5.27. The summed E-state index contributed by atoms with van der Waals surface area (Å²) in [6.07, 6.45) is 5.34. The van der Waals surface area contributed by atoms with Crippen LogP contribution >= 0.6 is 0 Å². The monoisotopic (exact) mass is 224 g/mol. The molecule has 0 saturated heterocycles. The van der Waals surface area contributed by atoms with E-state index in [0.717, 1.165) is 19.3 Å². The SMILES string of the molecule is CCC(C#N)N(CC(=O)OC)C1CCCC1. The van der Waals surface area contributed by atoms with Gasteiger partial charge in [0.15, 0.2) is 0 Å². The summed E-state index contributed by atoms with van der Waals surface area (Å²) in [4.78, 5) is 13.4. The summed E-state index contributed by atoms with van der Waals surface area (Å²) in [6, 6.07) is 2.49. The average molecular weight is 224 g/mol. The van der Waals surface area contributed by atoms with E-state index in [1.807, 2.05) is 11.8 Å². The molecule has 0 N–H and O–H groups in total. The Morgan fingerprint density at radius 2 is 2.19 bits per heavy atom. The van der Waals surface area contributed by atoms with Crippen molar-refractivity contribution in [3.05, 3.63) is 0 Å². The fraction of sp³-hybridized carbons (Fsp3) is 0.833. The molecule has 1 fully saturated rings. The Bertz CT molecular complexity index is 267. The highest BCUT2D eigenvalue weighted by molar-refractivity contribution is 5.71. The predicted octanol–water partition coefficient (Wildman–Crippen LogP) is 1.71. The normalized spacial score (nSPS) is 18.4. The summed E-state index contributed by atoms with van der Waals surface area (Å²) in [7, 11) is 1.39. The molecular formula is C12H20N2O2. The van der Waals surface area contributed by atoms with Gasteiger partial charge in [-0.1, -0.05) is 19.8 Å². The van der Waals surface area contributed by atoms with Crippen LogP contribution < -0.4 is 0 Å². The number of methoxy groups -OCH3 is 1. The maximum atomic E-state index is 11.3. The Morgan fingerprint density at radius 3 is 2.62 bits per heavy atom. The van der Waals surface area contributed by atoms with E-state index in [0.29, 0.717) is 6.04 Å². The maximum absolute atomic E-state index is 11.3. The van der Waals surface area contributed by atoms with Gasteiger partial charge in [0.1, 0.15) is 0 Å². The number of hydrogen-bond acceptors (Lipinski definition) is 4. The van der Waals surface area contributed by atoms with E-state index < -0.39 is 0 Å². The fourth-order valence-corrected chi connectivity index (χ4v) is 2.34. The van der Waals surface area contributed by atoms with Gasteiger partial charge in [0.05, 0.1) is 25.8 Å². The molecule has 16 heavy (non-hydrogen) atoms. The van der Waals surface area contributed by atoms with E-state index in [1.54, 1.807) is 0 Å². The van der Waals surface area contributed by atoms with Crippen molar-refractivity contribution in [2.24, 2.45) is 0 Å². The minimum absolute atomic E-state index is 0.165. The lowest BCUT2D eigenvalue weighted by atomic mass is 10.1. The Hall–Kier alpha value is -1.08. The van der Waals surface area contributed by atoms with E-state index in [1.165, 1.54) is 20.0 Å². The molecule has 1 rings (SSSR count). The molecule has 0 aromatic rings. The standard InChI is InChI=1S/C12H20N2O2/c1-3-10(8-13)14(9-12(15)16-2)11-6-4-5-7-11/h10-11H,3-7,9H2,1-2H3. The van der Waals surface area contributed by atoms with Crippen LogP contribution in [0.1, 0.15) is 39.0 Å². The van der Waals surface area contributed by atoms with Gasteiger partial charge in [-0.3, -0.25) is 9.69 Å². The smallest absolute Gasteiger partial charge is 0.319 e. The molecule has 0 spiro atoms. The van der Waals surface area contributed by atoms with Gasteiger partial charge in [-0.15, -0.1) is 0 Å². The Labute approximate surface area is 97.2 Å². The summed E-state index contributed by atoms with van der Waals surface area (Å²) < 4.78 is 4.69. The van der Waals surface area contributed by atoms with E-state index >= 15 is 0 Å². The number of nitrogens with zero attached hydrogens (tertiary/aromatic N) is 2. The van der Waals surface area contributed by atoms with Crippen LogP contribution in [-0.4, -0.2) is 36.6 Å². The highest BCUT2D eigenvalue weighted by Gasteiger charge is 2.29. The van der Waals surface area contributed by atoms with Crippen LogP contribution in [0.5, 0.6) is 0 Å². The van der Waals surface area contributed by atoms with E-state index in [-0.39, 0.29) is 18.6 Å². The van der Waals surface area contributed by atoms with Crippen molar-refractivity contribution in [3.63, 3.8) is 0 Å². The number of ether oxygens (including phenoxy) is 1. The first-order valence-electron chi connectivity index (χ1n) is 5.95. The number of nitriles is 1. The molecule has 1 aliphatic rings. The number of esters is 1. The van der Waals surface area contributed by atoms with Crippen molar-refractivity contribution in [2.45, 2.75) is 51.1 Å². The number of carbonyl (C=O) groups excluding carboxylic acids is 1. The van der Waals surface area contributed by atoms with Gasteiger partial charge in [-0.05, 0) is 19.3 Å². The largest absolute Gasteiger partial charge is 0.468 e. The minimum Gasteiger partial charge on any atom is -0.468 e. The fourth-order valence-electron chi connectivity index (χ4n) is 2.34. The molecule has 1 unspecified atom stereocenters. The summed E-state index contributed by atoms with van der Waals surface area (Å²) in [5.41, 5.74) is 0. The summed E-state index contributed by atoms with van der Waals surface area (Å²) in [5.74, 6) is -0.249. The lowest BCUT2D eigenvalue weighted by Gasteiger charge is -2.31. The van der Waals surface area contributed by atoms with Gasteiger partial charge >= 0.3 is 5.97 Å². The van der Waals surface area contributed by atoms with Crippen molar-refractivity contribution < 1.29 is 9.53 Å². The molecule has 0 aromatic carbocycles. The molecule has 0 radical (unpaired) electrons. The molecule has 0 amide bonds. The predicted molar refractivity (Wildman–Crippen MR) is 60.7 cm³/mol. The van der Waals surface area contributed by atoms with Crippen LogP contribution in [-0.2, 0) is 9.53 Å². The van der Waals surface area contributed by atoms with E-state index in [4.69, 9.17) is 5.26 Å². The second-order valence-corrected chi connectivity index (χ2v) is 4.24. The molecule has 0 aliphatic heterocycles. The van der Waals surface area contributed by atoms with Crippen molar-refractivity contribution in [3.8, 4) is 6.07 Å². The molecule has 1 atom stereocenters. The van der Waals surface area contributed by atoms with Gasteiger partial charge in [-0.25, -0.2) is 0 Å². The summed E-state index contributed by atoms with van der Waals surface area (Å²) >= 11 is 0. The molecule has 4 heteroatoms. The first-order chi connectivity index (χ1) is 7.72. The van der Waals surface area contributed by atoms with Gasteiger partial charge in [0.2, 0.25) is 0 Å². The zero-order valence-electron chi connectivity index (χ0n) is 10.1. The number of hydrogen-bond donors (Lipinski definition) is 0. The Morgan fingerprint density at radius 1 is 1.56 bits per heavy atom. The molecular weight excluding hydrogens is 204 g/mol. The molecule has 0 bridgehead atoms. The topological polar surface area (TPSA) is 53.3 Å². The number of carbonyl (C=O) groups is 1. The molecule has 1 saturated carbocycles. The van der Waals surface area contributed by atoms with Gasteiger partial charge in [0.25, 0.3) is 0 Å². The lowest BCUT2D eigenvalue weighted by Crippen LogP contribution is -2.44. The average Bonchev–Trinajstić information content (AvgIpc) is 2.82. The zero-order valence-corrected chi connectivity index (χ0v) is 10.1. The van der Waals surface area contributed by atoms with E-state index in [2.05, 4.69) is 10.8 Å². The number of rotatable bonds is 5.